The maximum atomic E-state index is 13.2. The average Bonchev–Trinajstić information content (AvgIpc) is 3.15. The van der Waals surface area contributed by atoms with Crippen LogP contribution in [0, 0.1) is 5.92 Å². The van der Waals surface area contributed by atoms with Crippen LogP contribution < -0.4 is 5.32 Å². The molecule has 34 heavy (non-hydrogen) atoms. The van der Waals surface area contributed by atoms with E-state index in [0.29, 0.717) is 19.4 Å². The highest BCUT2D eigenvalue weighted by Gasteiger charge is 2.34. The molecule has 1 unspecified atom stereocenters. The molecule has 2 aliphatic rings. The summed E-state index contributed by atoms with van der Waals surface area (Å²) in [5, 5.41) is 12.1. The van der Waals surface area contributed by atoms with Gasteiger partial charge in [0.15, 0.2) is 0 Å². The van der Waals surface area contributed by atoms with Crippen molar-refractivity contribution in [2.75, 3.05) is 40.3 Å². The van der Waals surface area contributed by atoms with Crippen molar-refractivity contribution in [3.05, 3.63) is 59.7 Å². The second kappa shape index (κ2) is 10.3. The van der Waals surface area contributed by atoms with Crippen molar-refractivity contribution in [1.82, 2.24) is 15.1 Å². The fraction of sp³-hybridized carbons (Fsp3) is 0.423. The molecule has 1 saturated heterocycles. The van der Waals surface area contributed by atoms with Gasteiger partial charge in [-0.1, -0.05) is 48.5 Å². The number of carbonyl (C=O) groups is 3. The SMILES string of the molecule is CN(C)CC(NC(=O)OCC1c2ccccc2-c2ccccc21)C(=O)N1CCC[C@@H](C(=O)O)C1. The van der Waals surface area contributed by atoms with Gasteiger partial charge in [0, 0.05) is 25.6 Å². The number of hydrogen-bond donors (Lipinski definition) is 2. The van der Waals surface area contributed by atoms with Crippen LogP contribution in [-0.4, -0.2) is 79.3 Å². The molecule has 2 aromatic carbocycles. The van der Waals surface area contributed by atoms with Crippen molar-refractivity contribution in [2.24, 2.45) is 5.92 Å². The third-order valence-corrected chi connectivity index (χ3v) is 6.56. The minimum absolute atomic E-state index is 0.0698. The van der Waals surface area contributed by atoms with E-state index in [1.807, 2.05) is 43.3 Å². The van der Waals surface area contributed by atoms with Gasteiger partial charge in [-0.2, -0.15) is 0 Å². The number of benzene rings is 2. The molecular weight excluding hydrogens is 434 g/mol. The van der Waals surface area contributed by atoms with Gasteiger partial charge in [-0.05, 0) is 49.2 Å². The second-order valence-electron chi connectivity index (χ2n) is 9.25. The topological polar surface area (TPSA) is 99.2 Å². The van der Waals surface area contributed by atoms with E-state index in [2.05, 4.69) is 29.6 Å². The largest absolute Gasteiger partial charge is 0.481 e. The summed E-state index contributed by atoms with van der Waals surface area (Å²) >= 11 is 0. The van der Waals surface area contributed by atoms with E-state index in [1.165, 1.54) is 0 Å². The normalized spacial score (nSPS) is 18.2. The summed E-state index contributed by atoms with van der Waals surface area (Å²) in [6.07, 6.45) is 0.522. The van der Waals surface area contributed by atoms with Crippen LogP contribution in [0.3, 0.4) is 0 Å². The summed E-state index contributed by atoms with van der Waals surface area (Å²) in [7, 11) is 3.63. The van der Waals surface area contributed by atoms with E-state index in [-0.39, 0.29) is 31.5 Å². The lowest BCUT2D eigenvalue weighted by Crippen LogP contribution is -2.55. The van der Waals surface area contributed by atoms with Gasteiger partial charge in [0.2, 0.25) is 5.91 Å². The Bertz CT molecular complexity index is 1020. The molecule has 0 aromatic heterocycles. The first kappa shape index (κ1) is 23.8. The van der Waals surface area contributed by atoms with Crippen molar-refractivity contribution in [2.45, 2.75) is 24.8 Å². The number of carboxylic acids is 1. The predicted octanol–water partition coefficient (Wildman–Crippen LogP) is 2.78. The zero-order valence-corrected chi connectivity index (χ0v) is 19.6. The zero-order chi connectivity index (χ0) is 24.2. The Morgan fingerprint density at radius 1 is 1.09 bits per heavy atom. The number of ether oxygens (including phenoxy) is 1. The number of amides is 2. The summed E-state index contributed by atoms with van der Waals surface area (Å²) in [6, 6.07) is 15.4. The highest BCUT2D eigenvalue weighted by atomic mass is 16.5. The Kier molecular flexibility index (Phi) is 7.17. The van der Waals surface area contributed by atoms with E-state index < -0.39 is 24.0 Å². The third kappa shape index (κ3) is 5.07. The monoisotopic (exact) mass is 465 g/mol. The molecule has 4 rings (SSSR count). The van der Waals surface area contributed by atoms with Crippen LogP contribution in [0.4, 0.5) is 4.79 Å². The van der Waals surface area contributed by atoms with Crippen molar-refractivity contribution in [3.63, 3.8) is 0 Å². The minimum atomic E-state index is -0.897. The zero-order valence-electron chi connectivity index (χ0n) is 19.6. The van der Waals surface area contributed by atoms with Gasteiger partial charge in [0.05, 0.1) is 5.92 Å². The molecule has 8 nitrogen and oxygen atoms in total. The van der Waals surface area contributed by atoms with Gasteiger partial charge in [0.25, 0.3) is 0 Å². The Labute approximate surface area is 199 Å². The van der Waals surface area contributed by atoms with Gasteiger partial charge in [-0.15, -0.1) is 0 Å². The molecule has 0 bridgehead atoms. The Morgan fingerprint density at radius 3 is 2.29 bits per heavy atom. The lowest BCUT2D eigenvalue weighted by atomic mass is 9.97. The van der Waals surface area contributed by atoms with Crippen LogP contribution in [0.1, 0.15) is 29.9 Å². The molecule has 0 saturated carbocycles. The molecule has 0 spiro atoms. The van der Waals surface area contributed by atoms with Crippen LogP contribution in [0.2, 0.25) is 0 Å². The molecule has 180 valence electrons. The van der Waals surface area contributed by atoms with E-state index in [1.54, 1.807) is 4.90 Å². The van der Waals surface area contributed by atoms with Crippen LogP contribution >= 0.6 is 0 Å². The van der Waals surface area contributed by atoms with Crippen molar-refractivity contribution < 1.29 is 24.2 Å². The smallest absolute Gasteiger partial charge is 0.407 e. The number of fused-ring (bicyclic) bond motifs is 3. The molecule has 1 fully saturated rings. The Morgan fingerprint density at radius 2 is 1.71 bits per heavy atom. The Hall–Kier alpha value is -3.39. The van der Waals surface area contributed by atoms with E-state index >= 15 is 0 Å². The van der Waals surface area contributed by atoms with Crippen molar-refractivity contribution in [1.29, 1.82) is 0 Å². The number of rotatable bonds is 7. The summed E-state index contributed by atoms with van der Waals surface area (Å²) in [4.78, 5) is 40.7. The molecule has 2 amide bonds. The molecule has 1 heterocycles. The summed E-state index contributed by atoms with van der Waals surface area (Å²) in [6.45, 7) is 1.09. The number of hydrogen-bond acceptors (Lipinski definition) is 5. The van der Waals surface area contributed by atoms with Crippen LogP contribution in [0.5, 0.6) is 0 Å². The summed E-state index contributed by atoms with van der Waals surface area (Å²) < 4.78 is 5.62. The van der Waals surface area contributed by atoms with Gasteiger partial charge in [0.1, 0.15) is 12.6 Å². The third-order valence-electron chi connectivity index (χ3n) is 6.56. The molecule has 1 aliphatic carbocycles. The van der Waals surface area contributed by atoms with E-state index in [0.717, 1.165) is 22.3 Å². The molecule has 1 aliphatic heterocycles. The number of nitrogens with one attached hydrogen (secondary N) is 1. The summed E-state index contributed by atoms with van der Waals surface area (Å²) in [5.41, 5.74) is 4.52. The number of carbonyl (C=O) groups excluding carboxylic acids is 2. The van der Waals surface area contributed by atoms with Crippen molar-refractivity contribution >= 4 is 18.0 Å². The van der Waals surface area contributed by atoms with Gasteiger partial charge in [-0.3, -0.25) is 9.59 Å². The fourth-order valence-corrected chi connectivity index (χ4v) is 4.93. The lowest BCUT2D eigenvalue weighted by molar-refractivity contribution is -0.146. The van der Waals surface area contributed by atoms with Gasteiger partial charge >= 0.3 is 12.1 Å². The molecular formula is C26H31N3O5. The molecule has 2 N–H and O–H groups in total. The molecule has 0 radical (unpaired) electrons. The number of carboxylic acid groups (broad SMARTS) is 1. The maximum Gasteiger partial charge on any atom is 0.407 e. The van der Waals surface area contributed by atoms with Gasteiger partial charge in [-0.25, -0.2) is 4.79 Å². The second-order valence-corrected chi connectivity index (χ2v) is 9.25. The van der Waals surface area contributed by atoms with Crippen molar-refractivity contribution in [3.8, 4) is 11.1 Å². The average molecular weight is 466 g/mol. The quantitative estimate of drug-likeness (QED) is 0.653. The molecule has 2 atom stereocenters. The van der Waals surface area contributed by atoms with Crippen LogP contribution in [0.15, 0.2) is 48.5 Å². The number of likely N-dealkylation sites (N-methyl/N-ethyl adjacent to an activating group) is 1. The number of alkyl carbamates (subject to hydrolysis) is 1. The first-order valence-electron chi connectivity index (χ1n) is 11.6. The van der Waals surface area contributed by atoms with Crippen LogP contribution in [-0.2, 0) is 14.3 Å². The van der Waals surface area contributed by atoms with E-state index in [4.69, 9.17) is 4.74 Å². The maximum absolute atomic E-state index is 13.2. The van der Waals surface area contributed by atoms with Gasteiger partial charge < -0.3 is 25.0 Å². The number of piperidine rings is 1. The fourth-order valence-electron chi connectivity index (χ4n) is 4.93. The Balaban J connectivity index is 1.42. The first-order chi connectivity index (χ1) is 16.3. The lowest BCUT2D eigenvalue weighted by Gasteiger charge is -2.34. The summed E-state index contributed by atoms with van der Waals surface area (Å²) in [5.74, 6) is -1.83. The number of aliphatic carboxylic acids is 1. The highest BCUT2D eigenvalue weighted by molar-refractivity contribution is 5.86. The number of likely N-dealkylation sites (tertiary alicyclic amines) is 1. The highest BCUT2D eigenvalue weighted by Crippen LogP contribution is 2.44. The number of nitrogens with zero attached hydrogens (tertiary/aromatic N) is 2. The minimum Gasteiger partial charge on any atom is -0.481 e. The molecule has 8 heteroatoms. The standard InChI is InChI=1S/C26H31N3O5/c1-28(2)15-23(24(30)29-13-7-8-17(14-29)25(31)32)27-26(33)34-16-22-20-11-5-3-9-18(20)19-10-4-6-12-21(19)22/h3-6,9-12,17,22-23H,7-8,13-16H2,1-2H3,(H,27,33)(H,31,32)/t17-,23?/m1/s1. The predicted molar refractivity (Wildman–Crippen MR) is 127 cm³/mol. The first-order valence-corrected chi connectivity index (χ1v) is 11.6. The molecule has 2 aromatic rings. The van der Waals surface area contributed by atoms with Crippen LogP contribution in [0.25, 0.3) is 11.1 Å². The van der Waals surface area contributed by atoms with E-state index in [9.17, 15) is 19.5 Å².